The maximum absolute atomic E-state index is 13.5. The fraction of sp³-hybridized carbons (Fsp3) is 0.182. The lowest BCUT2D eigenvalue weighted by Crippen LogP contribution is -2.17. The molecule has 0 fully saturated rings. The molecule has 0 aliphatic carbocycles. The molecule has 0 spiro atoms. The fourth-order valence-electron chi connectivity index (χ4n) is 1.17. The molecule has 2 N–H and O–H groups in total. The van der Waals surface area contributed by atoms with E-state index in [1.165, 1.54) is 30.9 Å². The summed E-state index contributed by atoms with van der Waals surface area (Å²) in [6, 6.07) is 3.85. The lowest BCUT2D eigenvalue weighted by molar-refractivity contribution is 0.0963. The zero-order chi connectivity index (χ0) is 13.5. The molecule has 0 saturated heterocycles. The quantitative estimate of drug-likeness (QED) is 0.369. The summed E-state index contributed by atoms with van der Waals surface area (Å²) in [6.45, 7) is 0. The molecule has 5 nitrogen and oxygen atoms in total. The molecule has 0 aliphatic heterocycles. The number of hydrogen-bond donors (Lipinski definition) is 2. The van der Waals surface area contributed by atoms with Gasteiger partial charge in [0.15, 0.2) is 11.4 Å². The van der Waals surface area contributed by atoms with Crippen molar-refractivity contribution in [1.82, 2.24) is 10.6 Å². The summed E-state index contributed by atoms with van der Waals surface area (Å²) in [6.07, 6.45) is 3.40. The van der Waals surface area contributed by atoms with Crippen LogP contribution in [0, 0.1) is 17.3 Å². The Labute approximate surface area is 108 Å². The third-order valence-corrected chi connectivity index (χ3v) is 2.59. The van der Waals surface area contributed by atoms with Crippen LogP contribution in [0.5, 0.6) is 0 Å². The highest BCUT2D eigenvalue weighted by Crippen LogP contribution is 2.20. The van der Waals surface area contributed by atoms with E-state index in [0.717, 1.165) is 6.07 Å². The molecule has 0 saturated carbocycles. The number of aliphatic imine (C=N–C) groups is 1. The standard InChI is InChI=1S/C11H11FN4OS/c1-14-10(17)7-3-4-8(12)9(5-7)16-11(18-2)15-6-13/h3-5H,1-2H3,(H,14,17)(H,15,16). The van der Waals surface area contributed by atoms with Gasteiger partial charge in [-0.25, -0.2) is 9.38 Å². The Bertz CT molecular complexity index is 524. The number of nitrogens with one attached hydrogen (secondary N) is 2. The van der Waals surface area contributed by atoms with Gasteiger partial charge >= 0.3 is 0 Å². The molecule has 0 atom stereocenters. The topological polar surface area (TPSA) is 77.3 Å². The van der Waals surface area contributed by atoms with Crippen molar-refractivity contribution in [3.05, 3.63) is 29.6 Å². The van der Waals surface area contributed by atoms with Gasteiger partial charge in [0.25, 0.3) is 5.91 Å². The van der Waals surface area contributed by atoms with Gasteiger partial charge in [-0.2, -0.15) is 5.26 Å². The summed E-state index contributed by atoms with van der Waals surface area (Å²) in [5.74, 6) is -0.890. The second-order valence-electron chi connectivity index (χ2n) is 3.10. The number of hydrogen-bond acceptors (Lipinski definition) is 4. The van der Waals surface area contributed by atoms with E-state index in [0.29, 0.717) is 5.56 Å². The molecule has 0 unspecified atom stereocenters. The number of benzene rings is 1. The molecule has 1 aromatic rings. The highest BCUT2D eigenvalue weighted by atomic mass is 32.2. The molecule has 0 bridgehead atoms. The number of carbonyl (C=O) groups is 1. The van der Waals surface area contributed by atoms with Gasteiger partial charge in [0.05, 0.1) is 0 Å². The van der Waals surface area contributed by atoms with Crippen molar-refractivity contribution < 1.29 is 9.18 Å². The second kappa shape index (κ2) is 6.61. The molecule has 94 valence electrons. The summed E-state index contributed by atoms with van der Waals surface area (Å²) in [7, 11) is 1.49. The van der Waals surface area contributed by atoms with Crippen LogP contribution >= 0.6 is 11.8 Å². The van der Waals surface area contributed by atoms with E-state index in [9.17, 15) is 9.18 Å². The number of carbonyl (C=O) groups excluding carboxylic acids is 1. The number of halogens is 1. The van der Waals surface area contributed by atoms with Crippen molar-refractivity contribution >= 4 is 28.5 Å². The van der Waals surface area contributed by atoms with Crippen LogP contribution in [-0.4, -0.2) is 24.4 Å². The molecule has 0 radical (unpaired) electrons. The normalized spacial score (nSPS) is 10.7. The Morgan fingerprint density at radius 2 is 2.28 bits per heavy atom. The first-order chi connectivity index (χ1) is 8.62. The minimum Gasteiger partial charge on any atom is -0.355 e. The second-order valence-corrected chi connectivity index (χ2v) is 3.90. The van der Waals surface area contributed by atoms with Crippen molar-refractivity contribution in [1.29, 1.82) is 5.26 Å². The van der Waals surface area contributed by atoms with Gasteiger partial charge in [0.2, 0.25) is 0 Å². The smallest absolute Gasteiger partial charge is 0.251 e. The van der Waals surface area contributed by atoms with Gasteiger partial charge in [0.1, 0.15) is 11.5 Å². The summed E-state index contributed by atoms with van der Waals surface area (Å²) in [5.41, 5.74) is 0.304. The van der Waals surface area contributed by atoms with Crippen LogP contribution in [-0.2, 0) is 0 Å². The van der Waals surface area contributed by atoms with Crippen LogP contribution in [0.1, 0.15) is 10.4 Å². The van der Waals surface area contributed by atoms with Gasteiger partial charge < -0.3 is 5.32 Å². The maximum atomic E-state index is 13.5. The average molecular weight is 266 g/mol. The van der Waals surface area contributed by atoms with Gasteiger partial charge in [-0.1, -0.05) is 11.8 Å². The molecule has 18 heavy (non-hydrogen) atoms. The molecule has 0 heterocycles. The Kier molecular flexibility index (Phi) is 5.14. The van der Waals surface area contributed by atoms with Crippen molar-refractivity contribution in [2.75, 3.05) is 13.3 Å². The molecule has 1 aromatic carbocycles. The molecular weight excluding hydrogens is 255 g/mol. The van der Waals surface area contributed by atoms with E-state index < -0.39 is 5.82 Å². The third kappa shape index (κ3) is 3.46. The lowest BCUT2D eigenvalue weighted by Gasteiger charge is -2.04. The van der Waals surface area contributed by atoms with Gasteiger partial charge in [-0.15, -0.1) is 0 Å². The monoisotopic (exact) mass is 266 g/mol. The zero-order valence-corrected chi connectivity index (χ0v) is 10.6. The first-order valence-corrected chi connectivity index (χ1v) is 6.14. The summed E-state index contributed by atoms with van der Waals surface area (Å²) in [4.78, 5) is 15.3. The van der Waals surface area contributed by atoms with E-state index >= 15 is 0 Å². The van der Waals surface area contributed by atoms with E-state index in [-0.39, 0.29) is 16.8 Å². The van der Waals surface area contributed by atoms with E-state index in [1.807, 2.05) is 0 Å². The highest BCUT2D eigenvalue weighted by Gasteiger charge is 2.08. The van der Waals surface area contributed by atoms with Crippen molar-refractivity contribution in [3.63, 3.8) is 0 Å². The van der Waals surface area contributed by atoms with E-state index in [4.69, 9.17) is 5.26 Å². The third-order valence-electron chi connectivity index (χ3n) is 2.01. The molecule has 1 amide bonds. The van der Waals surface area contributed by atoms with Crippen LogP contribution in [0.4, 0.5) is 10.1 Å². The number of nitrogens with zero attached hydrogens (tertiary/aromatic N) is 2. The summed E-state index contributed by atoms with van der Waals surface area (Å²) in [5, 5.41) is 13.5. The van der Waals surface area contributed by atoms with Gasteiger partial charge in [0, 0.05) is 12.6 Å². The number of amides is 1. The minimum absolute atomic E-state index is 0.00296. The van der Waals surface area contributed by atoms with Crippen molar-refractivity contribution in [2.24, 2.45) is 4.99 Å². The molecule has 7 heteroatoms. The summed E-state index contributed by atoms with van der Waals surface area (Å²) >= 11 is 1.17. The zero-order valence-electron chi connectivity index (χ0n) is 9.82. The van der Waals surface area contributed by atoms with Crippen LogP contribution in [0.2, 0.25) is 0 Å². The lowest BCUT2D eigenvalue weighted by atomic mass is 10.2. The average Bonchev–Trinajstić information content (AvgIpc) is 2.39. The number of amidine groups is 1. The SMILES string of the molecule is CNC(=O)c1ccc(F)c(N=C(NC#N)SC)c1. The van der Waals surface area contributed by atoms with E-state index in [1.54, 1.807) is 12.4 Å². The molecular formula is C11H11FN4OS. The largest absolute Gasteiger partial charge is 0.355 e. The molecule has 1 rings (SSSR count). The van der Waals surface area contributed by atoms with Crippen molar-refractivity contribution in [2.45, 2.75) is 0 Å². The number of thioether (sulfide) groups is 1. The Balaban J connectivity index is 3.15. The van der Waals surface area contributed by atoms with Crippen LogP contribution < -0.4 is 10.6 Å². The Morgan fingerprint density at radius 1 is 1.56 bits per heavy atom. The van der Waals surface area contributed by atoms with E-state index in [2.05, 4.69) is 15.6 Å². The predicted octanol–water partition coefficient (Wildman–Crippen LogP) is 1.61. The van der Waals surface area contributed by atoms with Crippen molar-refractivity contribution in [3.8, 4) is 6.19 Å². The fourth-order valence-corrected chi connectivity index (χ4v) is 1.50. The van der Waals surface area contributed by atoms with Crippen LogP contribution in [0.15, 0.2) is 23.2 Å². The number of rotatable bonds is 2. The maximum Gasteiger partial charge on any atom is 0.251 e. The Morgan fingerprint density at radius 3 is 2.83 bits per heavy atom. The predicted molar refractivity (Wildman–Crippen MR) is 69.1 cm³/mol. The summed E-state index contributed by atoms with van der Waals surface area (Å²) < 4.78 is 13.5. The first-order valence-electron chi connectivity index (χ1n) is 4.91. The molecule has 0 aliphatic rings. The van der Waals surface area contributed by atoms with Crippen LogP contribution in [0.3, 0.4) is 0 Å². The molecule has 0 aromatic heterocycles. The number of nitriles is 1. The van der Waals surface area contributed by atoms with Gasteiger partial charge in [-0.3, -0.25) is 10.1 Å². The first kappa shape index (κ1) is 14.0. The van der Waals surface area contributed by atoms with Crippen LogP contribution in [0.25, 0.3) is 0 Å². The Hall–Kier alpha value is -2.07. The minimum atomic E-state index is -0.561. The highest BCUT2D eigenvalue weighted by molar-refractivity contribution is 8.13. The van der Waals surface area contributed by atoms with Gasteiger partial charge in [-0.05, 0) is 24.5 Å².